The highest BCUT2D eigenvalue weighted by molar-refractivity contribution is 5.31. The van der Waals surface area contributed by atoms with Crippen molar-refractivity contribution >= 4 is 0 Å². The first-order valence-corrected chi connectivity index (χ1v) is 7.51. The Morgan fingerprint density at radius 3 is 2.56 bits per heavy atom. The van der Waals surface area contributed by atoms with Crippen molar-refractivity contribution < 1.29 is 0 Å². The fourth-order valence-corrected chi connectivity index (χ4v) is 2.70. The first kappa shape index (κ1) is 13.6. The zero-order chi connectivity index (χ0) is 13.0. The Kier molecular flexibility index (Phi) is 4.82. The quantitative estimate of drug-likeness (QED) is 0.776. The van der Waals surface area contributed by atoms with Crippen molar-refractivity contribution in [2.45, 2.75) is 58.9 Å². The number of rotatable bonds is 6. The molecule has 1 saturated carbocycles. The van der Waals surface area contributed by atoms with E-state index in [1.165, 1.54) is 48.8 Å². The molecule has 0 aliphatic heterocycles. The third-order valence-electron chi connectivity index (χ3n) is 4.37. The predicted molar refractivity (Wildman–Crippen MR) is 78.9 cm³/mol. The maximum atomic E-state index is 3.73. The van der Waals surface area contributed by atoms with Crippen LogP contribution < -0.4 is 5.32 Å². The van der Waals surface area contributed by atoms with Gasteiger partial charge in [0.1, 0.15) is 0 Å². The number of nitrogens with one attached hydrogen (secondary N) is 1. The van der Waals surface area contributed by atoms with Crippen molar-refractivity contribution in [2.24, 2.45) is 5.92 Å². The summed E-state index contributed by atoms with van der Waals surface area (Å²) >= 11 is 0. The van der Waals surface area contributed by atoms with Gasteiger partial charge in [-0.1, -0.05) is 44.4 Å². The largest absolute Gasteiger partial charge is 0.310 e. The second kappa shape index (κ2) is 6.38. The Morgan fingerprint density at radius 2 is 2.00 bits per heavy atom. The lowest BCUT2D eigenvalue weighted by molar-refractivity contribution is 0.261. The number of aryl methyl sites for hydroxylation is 2. The first-order chi connectivity index (χ1) is 8.70. The fourth-order valence-electron chi connectivity index (χ4n) is 2.70. The normalized spacial score (nSPS) is 17.5. The van der Waals surface area contributed by atoms with Gasteiger partial charge < -0.3 is 5.32 Å². The average Bonchev–Trinajstić information content (AvgIpc) is 2.31. The molecule has 1 aromatic carbocycles. The van der Waals surface area contributed by atoms with Crippen molar-refractivity contribution in [2.75, 3.05) is 6.54 Å². The van der Waals surface area contributed by atoms with Gasteiger partial charge in [0.2, 0.25) is 0 Å². The molecular formula is C17H27N. The van der Waals surface area contributed by atoms with Gasteiger partial charge in [0.15, 0.2) is 0 Å². The van der Waals surface area contributed by atoms with Crippen LogP contribution in [0.5, 0.6) is 0 Å². The van der Waals surface area contributed by atoms with Crippen LogP contribution in [-0.2, 0) is 0 Å². The maximum Gasteiger partial charge on any atom is 0.0322 e. The van der Waals surface area contributed by atoms with Gasteiger partial charge in [0.25, 0.3) is 0 Å². The lowest BCUT2D eigenvalue weighted by Crippen LogP contribution is -2.26. The number of hydrogen-bond acceptors (Lipinski definition) is 1. The summed E-state index contributed by atoms with van der Waals surface area (Å²) in [5.74, 6) is 0.959. The van der Waals surface area contributed by atoms with Gasteiger partial charge in [-0.25, -0.2) is 0 Å². The van der Waals surface area contributed by atoms with E-state index in [1.807, 2.05) is 0 Å². The molecule has 0 radical (unpaired) electrons. The van der Waals surface area contributed by atoms with Gasteiger partial charge in [-0.3, -0.25) is 0 Å². The van der Waals surface area contributed by atoms with Crippen LogP contribution in [0.1, 0.15) is 61.8 Å². The molecule has 1 unspecified atom stereocenters. The van der Waals surface area contributed by atoms with Crippen LogP contribution in [0, 0.1) is 19.8 Å². The standard InChI is InChI=1S/C17H27N/c1-4-10-18-17(12-15-6-5-7-15)16-9-8-13(2)14(3)11-16/h8-9,11,15,17-18H,4-7,10,12H2,1-3H3. The average molecular weight is 245 g/mol. The molecule has 1 fully saturated rings. The van der Waals surface area contributed by atoms with Crippen molar-refractivity contribution in [3.05, 3.63) is 34.9 Å². The van der Waals surface area contributed by atoms with Crippen LogP contribution in [0.2, 0.25) is 0 Å². The minimum atomic E-state index is 0.564. The second-order valence-corrected chi connectivity index (χ2v) is 5.88. The Hall–Kier alpha value is -0.820. The Balaban J connectivity index is 2.07. The zero-order valence-corrected chi connectivity index (χ0v) is 12.1. The molecule has 1 heteroatoms. The summed E-state index contributed by atoms with van der Waals surface area (Å²) in [6, 6.07) is 7.52. The summed E-state index contributed by atoms with van der Waals surface area (Å²) in [4.78, 5) is 0. The lowest BCUT2D eigenvalue weighted by atomic mass is 9.79. The molecule has 1 atom stereocenters. The van der Waals surface area contributed by atoms with E-state index >= 15 is 0 Å². The SMILES string of the molecule is CCCNC(CC1CCC1)c1ccc(C)c(C)c1. The van der Waals surface area contributed by atoms with E-state index < -0.39 is 0 Å². The van der Waals surface area contributed by atoms with Crippen LogP contribution in [0.25, 0.3) is 0 Å². The molecule has 0 saturated heterocycles. The Labute approximate surface area is 112 Å². The van der Waals surface area contributed by atoms with Crippen molar-refractivity contribution in [3.63, 3.8) is 0 Å². The van der Waals surface area contributed by atoms with Crippen LogP contribution in [0.15, 0.2) is 18.2 Å². The second-order valence-electron chi connectivity index (χ2n) is 5.88. The highest BCUT2D eigenvalue weighted by atomic mass is 14.9. The minimum Gasteiger partial charge on any atom is -0.310 e. The van der Waals surface area contributed by atoms with E-state index in [4.69, 9.17) is 0 Å². The van der Waals surface area contributed by atoms with E-state index in [0.717, 1.165) is 12.5 Å². The molecule has 18 heavy (non-hydrogen) atoms. The third kappa shape index (κ3) is 3.35. The van der Waals surface area contributed by atoms with Crippen molar-refractivity contribution in [1.82, 2.24) is 5.32 Å². The highest BCUT2D eigenvalue weighted by Crippen LogP contribution is 2.35. The topological polar surface area (TPSA) is 12.0 Å². The van der Waals surface area contributed by atoms with Crippen LogP contribution in [0.3, 0.4) is 0 Å². The highest BCUT2D eigenvalue weighted by Gasteiger charge is 2.22. The van der Waals surface area contributed by atoms with Gasteiger partial charge in [0.05, 0.1) is 0 Å². The van der Waals surface area contributed by atoms with Crippen molar-refractivity contribution in [1.29, 1.82) is 0 Å². The Bertz CT molecular complexity index is 379. The molecule has 0 amide bonds. The predicted octanol–water partition coefficient (Wildman–Crippen LogP) is 4.53. The smallest absolute Gasteiger partial charge is 0.0322 e. The molecule has 1 aliphatic carbocycles. The van der Waals surface area contributed by atoms with Gasteiger partial charge >= 0.3 is 0 Å². The summed E-state index contributed by atoms with van der Waals surface area (Å²) in [7, 11) is 0. The maximum absolute atomic E-state index is 3.73. The van der Waals surface area contributed by atoms with Crippen molar-refractivity contribution in [3.8, 4) is 0 Å². The van der Waals surface area contributed by atoms with Gasteiger partial charge in [0, 0.05) is 6.04 Å². The van der Waals surface area contributed by atoms with E-state index in [0.29, 0.717) is 6.04 Å². The van der Waals surface area contributed by atoms with E-state index in [-0.39, 0.29) is 0 Å². The molecule has 1 nitrogen and oxygen atoms in total. The summed E-state index contributed by atoms with van der Waals surface area (Å²) in [6.07, 6.45) is 6.86. The molecular weight excluding hydrogens is 218 g/mol. The summed E-state index contributed by atoms with van der Waals surface area (Å²) in [5.41, 5.74) is 4.31. The monoisotopic (exact) mass is 245 g/mol. The molecule has 0 bridgehead atoms. The lowest BCUT2D eigenvalue weighted by Gasteiger charge is -2.30. The molecule has 2 rings (SSSR count). The molecule has 100 valence electrons. The van der Waals surface area contributed by atoms with Gasteiger partial charge in [-0.15, -0.1) is 0 Å². The number of hydrogen-bond donors (Lipinski definition) is 1. The fraction of sp³-hybridized carbons (Fsp3) is 0.647. The van der Waals surface area contributed by atoms with E-state index in [1.54, 1.807) is 0 Å². The summed E-state index contributed by atoms with van der Waals surface area (Å²) in [6.45, 7) is 7.79. The van der Waals surface area contributed by atoms with E-state index in [2.05, 4.69) is 44.3 Å². The molecule has 0 heterocycles. The Morgan fingerprint density at radius 1 is 1.22 bits per heavy atom. The van der Waals surface area contributed by atoms with Crippen LogP contribution in [0.4, 0.5) is 0 Å². The summed E-state index contributed by atoms with van der Waals surface area (Å²) in [5, 5.41) is 3.73. The molecule has 0 spiro atoms. The van der Waals surface area contributed by atoms with Gasteiger partial charge in [-0.05, 0) is 55.8 Å². The molecule has 0 aromatic heterocycles. The van der Waals surface area contributed by atoms with Gasteiger partial charge in [-0.2, -0.15) is 0 Å². The van der Waals surface area contributed by atoms with Crippen LogP contribution in [-0.4, -0.2) is 6.54 Å². The molecule has 1 aliphatic rings. The van der Waals surface area contributed by atoms with E-state index in [9.17, 15) is 0 Å². The summed E-state index contributed by atoms with van der Waals surface area (Å²) < 4.78 is 0. The molecule has 1 aromatic rings. The molecule has 1 N–H and O–H groups in total. The first-order valence-electron chi connectivity index (χ1n) is 7.51. The van der Waals surface area contributed by atoms with Crippen LogP contribution >= 0.6 is 0 Å². The number of benzene rings is 1. The zero-order valence-electron chi connectivity index (χ0n) is 12.1. The minimum absolute atomic E-state index is 0.564. The third-order valence-corrected chi connectivity index (χ3v) is 4.37.